The summed E-state index contributed by atoms with van der Waals surface area (Å²) in [6.07, 6.45) is 0.638. The molecule has 7 nitrogen and oxygen atoms in total. The van der Waals surface area contributed by atoms with Crippen LogP contribution in [0.1, 0.15) is 38.0 Å². The van der Waals surface area contributed by atoms with Gasteiger partial charge in [-0.15, -0.1) is 0 Å². The smallest absolute Gasteiger partial charge is 0.261 e. The fraction of sp³-hybridized carbons (Fsp3) is 0.318. The molecule has 3 aromatic rings. The van der Waals surface area contributed by atoms with Crippen LogP contribution in [0.5, 0.6) is 0 Å². The van der Waals surface area contributed by atoms with Gasteiger partial charge in [0, 0.05) is 62.8 Å². The average molecular weight is 407 g/mol. The molecule has 1 unspecified atom stereocenters. The molecule has 2 aliphatic rings. The van der Waals surface area contributed by atoms with E-state index >= 15 is 0 Å². The van der Waals surface area contributed by atoms with E-state index in [-0.39, 0.29) is 23.7 Å². The minimum absolute atomic E-state index is 0.0000822. The van der Waals surface area contributed by atoms with E-state index in [0.717, 1.165) is 47.7 Å². The number of carbonyl (C=O) groups is 2. The van der Waals surface area contributed by atoms with E-state index in [1.54, 1.807) is 12.1 Å². The molecule has 2 aliphatic heterocycles. The Balaban J connectivity index is 1.54. The normalized spacial score (nSPS) is 18.3. The molecule has 2 N–H and O–H groups in total. The van der Waals surface area contributed by atoms with Crippen LogP contribution in [-0.2, 0) is 6.42 Å². The van der Waals surface area contributed by atoms with Gasteiger partial charge in [-0.1, -0.05) is 6.07 Å². The van der Waals surface area contributed by atoms with Gasteiger partial charge < -0.3 is 5.32 Å². The molecule has 30 heavy (non-hydrogen) atoms. The van der Waals surface area contributed by atoms with E-state index < -0.39 is 0 Å². The lowest BCUT2D eigenvalue weighted by Gasteiger charge is -2.35. The molecular formula is C22H22FN5O2. The van der Waals surface area contributed by atoms with Gasteiger partial charge in [-0.3, -0.25) is 24.5 Å². The number of H-pyrrole nitrogens is 1. The van der Waals surface area contributed by atoms with E-state index in [4.69, 9.17) is 0 Å². The SMILES string of the molecule is CN1C(=O)c2ccc(C(Cc3[nH]nc4cc(F)ccc34)N3CCNCC3)cc2C1=O. The monoisotopic (exact) mass is 407 g/mol. The first-order chi connectivity index (χ1) is 14.5. The van der Waals surface area contributed by atoms with Crippen molar-refractivity contribution in [2.45, 2.75) is 12.5 Å². The van der Waals surface area contributed by atoms with Crippen LogP contribution in [0.4, 0.5) is 4.39 Å². The molecule has 8 heteroatoms. The summed E-state index contributed by atoms with van der Waals surface area (Å²) in [7, 11) is 1.51. The summed E-state index contributed by atoms with van der Waals surface area (Å²) in [6, 6.07) is 10.2. The fourth-order valence-corrected chi connectivity index (χ4v) is 4.43. The number of hydrogen-bond donors (Lipinski definition) is 2. The molecule has 0 bridgehead atoms. The first kappa shape index (κ1) is 18.9. The standard InChI is InChI=1S/C22H22FN5O2/c1-27-21(29)15-4-2-13(10-17(15)22(27)30)20(28-8-6-24-7-9-28)12-19-16-5-3-14(23)11-18(16)25-26-19/h2-5,10-11,20,24H,6-9,12H2,1H3,(H,25,26). The number of aromatic nitrogens is 2. The van der Waals surface area contributed by atoms with Gasteiger partial charge in [-0.25, -0.2) is 4.39 Å². The Bertz CT molecular complexity index is 1150. The molecule has 1 fully saturated rings. The van der Waals surface area contributed by atoms with E-state index in [1.165, 1.54) is 19.2 Å². The van der Waals surface area contributed by atoms with Gasteiger partial charge in [0.15, 0.2) is 0 Å². The van der Waals surface area contributed by atoms with Crippen LogP contribution in [0.15, 0.2) is 36.4 Å². The van der Waals surface area contributed by atoms with Crippen molar-refractivity contribution in [2.75, 3.05) is 33.2 Å². The molecule has 0 aliphatic carbocycles. The molecule has 3 heterocycles. The number of amides is 2. The van der Waals surface area contributed by atoms with Gasteiger partial charge >= 0.3 is 0 Å². The van der Waals surface area contributed by atoms with E-state index in [2.05, 4.69) is 20.4 Å². The highest BCUT2D eigenvalue weighted by Gasteiger charge is 2.34. The highest BCUT2D eigenvalue weighted by Crippen LogP contribution is 2.31. The van der Waals surface area contributed by atoms with E-state index in [9.17, 15) is 14.0 Å². The maximum absolute atomic E-state index is 13.6. The molecule has 1 aromatic heterocycles. The molecule has 154 valence electrons. The predicted molar refractivity (Wildman–Crippen MR) is 110 cm³/mol. The zero-order valence-corrected chi connectivity index (χ0v) is 16.6. The van der Waals surface area contributed by atoms with Crippen molar-refractivity contribution in [2.24, 2.45) is 0 Å². The number of halogens is 1. The topological polar surface area (TPSA) is 81.3 Å². The highest BCUT2D eigenvalue weighted by molar-refractivity contribution is 6.21. The van der Waals surface area contributed by atoms with Crippen molar-refractivity contribution >= 4 is 22.7 Å². The zero-order valence-electron chi connectivity index (χ0n) is 16.6. The summed E-state index contributed by atoms with van der Waals surface area (Å²) in [4.78, 5) is 28.3. The molecule has 5 rings (SSSR count). The third-order valence-corrected chi connectivity index (χ3v) is 6.08. The van der Waals surface area contributed by atoms with Crippen molar-refractivity contribution in [3.05, 3.63) is 64.6 Å². The van der Waals surface area contributed by atoms with Crippen LogP contribution >= 0.6 is 0 Å². The molecule has 0 radical (unpaired) electrons. The van der Waals surface area contributed by atoms with Crippen molar-refractivity contribution < 1.29 is 14.0 Å². The lowest BCUT2D eigenvalue weighted by molar-refractivity contribution is 0.0693. The molecule has 2 aromatic carbocycles. The third kappa shape index (κ3) is 3.09. The van der Waals surface area contributed by atoms with Crippen LogP contribution in [0, 0.1) is 5.82 Å². The predicted octanol–water partition coefficient (Wildman–Crippen LogP) is 2.12. The highest BCUT2D eigenvalue weighted by atomic mass is 19.1. The number of rotatable bonds is 4. The quantitative estimate of drug-likeness (QED) is 0.648. The maximum atomic E-state index is 13.6. The Labute approximate surface area is 172 Å². The molecule has 0 saturated carbocycles. The number of piperazine rings is 1. The van der Waals surface area contributed by atoms with Crippen LogP contribution in [0.2, 0.25) is 0 Å². The lowest BCUT2D eigenvalue weighted by Crippen LogP contribution is -2.45. The first-order valence-electron chi connectivity index (χ1n) is 10.1. The maximum Gasteiger partial charge on any atom is 0.261 e. The Morgan fingerprint density at radius 1 is 1.07 bits per heavy atom. The number of nitrogens with one attached hydrogen (secondary N) is 2. The molecule has 1 saturated heterocycles. The second-order valence-corrected chi connectivity index (χ2v) is 7.84. The summed E-state index contributed by atoms with van der Waals surface area (Å²) in [5.74, 6) is -0.842. The number of aromatic amines is 1. The van der Waals surface area contributed by atoms with E-state index in [0.29, 0.717) is 23.1 Å². The van der Waals surface area contributed by atoms with Gasteiger partial charge in [0.05, 0.1) is 16.6 Å². The first-order valence-corrected chi connectivity index (χ1v) is 10.1. The Morgan fingerprint density at radius 3 is 2.63 bits per heavy atom. The Kier molecular flexibility index (Phi) is 4.60. The van der Waals surface area contributed by atoms with Crippen LogP contribution < -0.4 is 5.32 Å². The van der Waals surface area contributed by atoms with Crippen molar-refractivity contribution in [1.82, 2.24) is 25.3 Å². The summed E-state index contributed by atoms with van der Waals surface area (Å²) in [5, 5.41) is 11.6. The summed E-state index contributed by atoms with van der Waals surface area (Å²) in [6.45, 7) is 3.51. The fourth-order valence-electron chi connectivity index (χ4n) is 4.43. The average Bonchev–Trinajstić information content (AvgIpc) is 3.26. The summed E-state index contributed by atoms with van der Waals surface area (Å²) < 4.78 is 13.6. The van der Waals surface area contributed by atoms with Crippen molar-refractivity contribution in [1.29, 1.82) is 0 Å². The Hall–Kier alpha value is -3.10. The van der Waals surface area contributed by atoms with Crippen LogP contribution in [0.25, 0.3) is 10.9 Å². The molecular weight excluding hydrogens is 385 g/mol. The van der Waals surface area contributed by atoms with Crippen LogP contribution in [-0.4, -0.2) is 65.0 Å². The van der Waals surface area contributed by atoms with Gasteiger partial charge in [0.1, 0.15) is 5.82 Å². The van der Waals surface area contributed by atoms with Crippen molar-refractivity contribution in [3.8, 4) is 0 Å². The van der Waals surface area contributed by atoms with Gasteiger partial charge in [-0.2, -0.15) is 5.10 Å². The zero-order chi connectivity index (χ0) is 20.8. The number of benzene rings is 2. The second kappa shape index (κ2) is 7.30. The number of hydrogen-bond acceptors (Lipinski definition) is 5. The largest absolute Gasteiger partial charge is 0.314 e. The number of nitrogens with zero attached hydrogens (tertiary/aromatic N) is 3. The second-order valence-electron chi connectivity index (χ2n) is 7.84. The molecule has 1 atom stereocenters. The minimum atomic E-state index is -0.315. The van der Waals surface area contributed by atoms with Crippen LogP contribution in [0.3, 0.4) is 0 Å². The van der Waals surface area contributed by atoms with Gasteiger partial charge in [-0.05, 0) is 29.8 Å². The van der Waals surface area contributed by atoms with Gasteiger partial charge in [0.25, 0.3) is 11.8 Å². The summed E-state index contributed by atoms with van der Waals surface area (Å²) >= 11 is 0. The van der Waals surface area contributed by atoms with E-state index in [1.807, 2.05) is 12.1 Å². The lowest BCUT2D eigenvalue weighted by atomic mass is 9.95. The third-order valence-electron chi connectivity index (χ3n) is 6.08. The summed E-state index contributed by atoms with van der Waals surface area (Å²) in [5.41, 5.74) is 3.41. The minimum Gasteiger partial charge on any atom is -0.314 e. The van der Waals surface area contributed by atoms with Crippen molar-refractivity contribution in [3.63, 3.8) is 0 Å². The number of imide groups is 1. The number of carbonyl (C=O) groups excluding carboxylic acids is 2. The molecule has 0 spiro atoms. The molecule has 2 amide bonds. The number of fused-ring (bicyclic) bond motifs is 2. The Morgan fingerprint density at radius 2 is 1.83 bits per heavy atom. The van der Waals surface area contributed by atoms with Gasteiger partial charge in [0.2, 0.25) is 0 Å².